The fourth-order valence-electron chi connectivity index (χ4n) is 2.40. The molecule has 0 saturated carbocycles. The predicted molar refractivity (Wildman–Crippen MR) is 90.0 cm³/mol. The third-order valence-corrected chi connectivity index (χ3v) is 3.53. The second-order valence-corrected chi connectivity index (χ2v) is 5.02. The molecule has 0 amide bonds. The van der Waals surface area contributed by atoms with Gasteiger partial charge in [0.2, 0.25) is 5.95 Å². The van der Waals surface area contributed by atoms with Crippen molar-refractivity contribution in [1.29, 1.82) is 0 Å². The summed E-state index contributed by atoms with van der Waals surface area (Å²) in [6, 6.07) is 8.09. The Morgan fingerprint density at radius 3 is 2.62 bits per heavy atom. The summed E-state index contributed by atoms with van der Waals surface area (Å²) in [7, 11) is 1.84. The molecule has 0 radical (unpaired) electrons. The van der Waals surface area contributed by atoms with Crippen LogP contribution in [0, 0.1) is 0 Å². The van der Waals surface area contributed by atoms with Gasteiger partial charge in [-0.05, 0) is 31.6 Å². The third kappa shape index (κ3) is 4.04. The van der Waals surface area contributed by atoms with Gasteiger partial charge >= 0.3 is 0 Å². The minimum atomic E-state index is 0.650. The summed E-state index contributed by atoms with van der Waals surface area (Å²) in [5.74, 6) is 1.55. The predicted octanol–water partition coefficient (Wildman–Crippen LogP) is 2.82. The molecule has 0 atom stereocenters. The van der Waals surface area contributed by atoms with Gasteiger partial charge in [-0.25, -0.2) is 4.98 Å². The van der Waals surface area contributed by atoms with Crippen molar-refractivity contribution >= 4 is 22.7 Å². The van der Waals surface area contributed by atoms with Crippen LogP contribution in [0.2, 0.25) is 0 Å². The zero-order valence-electron chi connectivity index (χ0n) is 13.2. The highest BCUT2D eigenvalue weighted by molar-refractivity contribution is 5.89. The maximum atomic E-state index is 4.54. The van der Waals surface area contributed by atoms with Crippen molar-refractivity contribution in [3.8, 4) is 0 Å². The van der Waals surface area contributed by atoms with Crippen LogP contribution in [0.15, 0.2) is 24.3 Å². The summed E-state index contributed by atoms with van der Waals surface area (Å²) in [6.45, 7) is 8.56. The molecule has 2 aromatic rings. The molecule has 1 aromatic carbocycles. The van der Waals surface area contributed by atoms with Crippen LogP contribution < -0.4 is 10.6 Å². The lowest BCUT2D eigenvalue weighted by atomic mass is 10.2. The van der Waals surface area contributed by atoms with E-state index in [-0.39, 0.29) is 0 Å². The number of benzene rings is 1. The normalized spacial score (nSPS) is 11.0. The van der Waals surface area contributed by atoms with Gasteiger partial charge in [0.15, 0.2) is 0 Å². The lowest BCUT2D eigenvalue weighted by Gasteiger charge is -2.20. The van der Waals surface area contributed by atoms with Crippen LogP contribution in [0.25, 0.3) is 10.9 Å². The van der Waals surface area contributed by atoms with E-state index in [4.69, 9.17) is 0 Å². The van der Waals surface area contributed by atoms with Gasteiger partial charge in [0, 0.05) is 25.5 Å². The van der Waals surface area contributed by atoms with E-state index >= 15 is 0 Å². The number of nitrogens with one attached hydrogen (secondary N) is 2. The highest BCUT2D eigenvalue weighted by Crippen LogP contribution is 2.21. The Morgan fingerprint density at radius 2 is 1.90 bits per heavy atom. The quantitative estimate of drug-likeness (QED) is 0.782. The van der Waals surface area contributed by atoms with Crippen molar-refractivity contribution in [2.24, 2.45) is 0 Å². The van der Waals surface area contributed by atoms with Crippen molar-refractivity contribution < 1.29 is 0 Å². The van der Waals surface area contributed by atoms with Crippen molar-refractivity contribution in [2.45, 2.75) is 20.3 Å². The summed E-state index contributed by atoms with van der Waals surface area (Å²) in [5.41, 5.74) is 0.959. The summed E-state index contributed by atoms with van der Waals surface area (Å²) in [4.78, 5) is 11.4. The minimum Gasteiger partial charge on any atom is -0.368 e. The summed E-state index contributed by atoms with van der Waals surface area (Å²) in [6.07, 6.45) is 1.19. The molecule has 114 valence electrons. The fraction of sp³-hybridized carbons (Fsp3) is 0.500. The molecule has 5 nitrogen and oxygen atoms in total. The molecular weight excluding hydrogens is 262 g/mol. The monoisotopic (exact) mass is 287 g/mol. The Labute approximate surface area is 126 Å². The van der Waals surface area contributed by atoms with E-state index in [1.54, 1.807) is 0 Å². The molecule has 2 N–H and O–H groups in total. The average molecular weight is 287 g/mol. The molecule has 0 saturated heterocycles. The number of likely N-dealkylation sites (N-methyl/N-ethyl adjacent to an activating group) is 1. The smallest absolute Gasteiger partial charge is 0.224 e. The second kappa shape index (κ2) is 7.78. The van der Waals surface area contributed by atoms with Crippen molar-refractivity contribution in [1.82, 2.24) is 14.9 Å². The maximum Gasteiger partial charge on any atom is 0.224 e. The lowest BCUT2D eigenvalue weighted by molar-refractivity contribution is 0.300. The summed E-state index contributed by atoms with van der Waals surface area (Å²) in [5, 5.41) is 7.54. The standard InChI is InChI=1S/C16H25N5/c1-4-11-21(5-2)12-10-18-15-13-8-6-7-9-14(13)19-16(17-3)20-15/h6-9H,4-5,10-12H2,1-3H3,(H2,17,18,19,20). The van der Waals surface area contributed by atoms with Gasteiger partial charge in [-0.1, -0.05) is 26.0 Å². The highest BCUT2D eigenvalue weighted by Gasteiger charge is 2.07. The van der Waals surface area contributed by atoms with Crippen LogP contribution in [-0.2, 0) is 0 Å². The fourth-order valence-corrected chi connectivity index (χ4v) is 2.40. The molecule has 0 aliphatic heterocycles. The first kappa shape index (κ1) is 15.5. The molecule has 5 heteroatoms. The molecule has 1 heterocycles. The van der Waals surface area contributed by atoms with Crippen LogP contribution >= 0.6 is 0 Å². The van der Waals surface area contributed by atoms with Gasteiger partial charge in [0.25, 0.3) is 0 Å². The van der Waals surface area contributed by atoms with E-state index in [0.717, 1.165) is 42.9 Å². The SMILES string of the molecule is CCCN(CC)CCNc1nc(NC)nc2ccccc12. The van der Waals surface area contributed by atoms with Crippen LogP contribution in [0.1, 0.15) is 20.3 Å². The van der Waals surface area contributed by atoms with Crippen LogP contribution in [0.3, 0.4) is 0 Å². The zero-order chi connectivity index (χ0) is 15.1. The third-order valence-electron chi connectivity index (χ3n) is 3.53. The van der Waals surface area contributed by atoms with Gasteiger partial charge in [-0.15, -0.1) is 0 Å². The lowest BCUT2D eigenvalue weighted by Crippen LogP contribution is -2.29. The molecule has 2 rings (SSSR count). The molecule has 0 bridgehead atoms. The number of hydrogen-bond donors (Lipinski definition) is 2. The average Bonchev–Trinajstić information content (AvgIpc) is 2.53. The van der Waals surface area contributed by atoms with Crippen LogP contribution in [-0.4, -0.2) is 48.1 Å². The molecular formula is C16H25N5. The molecule has 0 unspecified atom stereocenters. The van der Waals surface area contributed by atoms with E-state index in [1.165, 1.54) is 6.42 Å². The number of rotatable bonds is 8. The Balaban J connectivity index is 2.10. The summed E-state index contributed by atoms with van der Waals surface area (Å²) >= 11 is 0. The number of aromatic nitrogens is 2. The maximum absolute atomic E-state index is 4.54. The van der Waals surface area contributed by atoms with Gasteiger partial charge in [0.05, 0.1) is 5.52 Å². The molecule has 0 aliphatic carbocycles. The number of fused-ring (bicyclic) bond motifs is 1. The Bertz CT molecular complexity index is 570. The van der Waals surface area contributed by atoms with E-state index in [2.05, 4.69) is 45.4 Å². The van der Waals surface area contributed by atoms with Crippen molar-refractivity contribution in [3.63, 3.8) is 0 Å². The Kier molecular flexibility index (Phi) is 5.75. The minimum absolute atomic E-state index is 0.650. The number of hydrogen-bond acceptors (Lipinski definition) is 5. The van der Waals surface area contributed by atoms with Crippen LogP contribution in [0.5, 0.6) is 0 Å². The van der Waals surface area contributed by atoms with Crippen molar-refractivity contribution in [2.75, 3.05) is 43.9 Å². The first-order chi connectivity index (χ1) is 10.3. The zero-order valence-corrected chi connectivity index (χ0v) is 13.2. The first-order valence-electron chi connectivity index (χ1n) is 7.69. The number of para-hydroxylation sites is 1. The summed E-state index contributed by atoms with van der Waals surface area (Å²) < 4.78 is 0. The molecule has 0 spiro atoms. The van der Waals surface area contributed by atoms with E-state index in [9.17, 15) is 0 Å². The number of anilines is 2. The Hall–Kier alpha value is -1.88. The molecule has 0 aliphatic rings. The van der Waals surface area contributed by atoms with E-state index < -0.39 is 0 Å². The molecule has 0 fully saturated rings. The van der Waals surface area contributed by atoms with E-state index in [1.807, 2.05) is 25.2 Å². The first-order valence-corrected chi connectivity index (χ1v) is 7.69. The van der Waals surface area contributed by atoms with Gasteiger partial charge < -0.3 is 15.5 Å². The van der Waals surface area contributed by atoms with Gasteiger partial charge in [-0.2, -0.15) is 4.98 Å². The highest BCUT2D eigenvalue weighted by atomic mass is 15.2. The molecule has 1 aromatic heterocycles. The number of nitrogens with zero attached hydrogens (tertiary/aromatic N) is 3. The topological polar surface area (TPSA) is 53.1 Å². The van der Waals surface area contributed by atoms with Gasteiger partial charge in [0.1, 0.15) is 5.82 Å². The van der Waals surface area contributed by atoms with E-state index in [0.29, 0.717) is 5.95 Å². The second-order valence-electron chi connectivity index (χ2n) is 5.02. The van der Waals surface area contributed by atoms with Crippen molar-refractivity contribution in [3.05, 3.63) is 24.3 Å². The largest absolute Gasteiger partial charge is 0.368 e. The Morgan fingerprint density at radius 1 is 1.10 bits per heavy atom. The molecule has 21 heavy (non-hydrogen) atoms. The van der Waals surface area contributed by atoms with Crippen LogP contribution in [0.4, 0.5) is 11.8 Å². The van der Waals surface area contributed by atoms with Gasteiger partial charge in [-0.3, -0.25) is 0 Å².